The summed E-state index contributed by atoms with van der Waals surface area (Å²) >= 11 is 0. The van der Waals surface area contributed by atoms with E-state index in [0.717, 1.165) is 16.5 Å². The Morgan fingerprint density at radius 3 is 2.62 bits per heavy atom. The number of hydrogen-bond donors (Lipinski definition) is 2. The standard InChI is InChI=1S/C19H19N3O2/c20-8-3-9-22-17-13-4-1-2-5-14(13)18(23)16(17)12-7-6-11(21)10-15(12)19(22)24/h1-2,4-5,7,10-11H,3,6,8-9,20-21H2. The fourth-order valence-electron chi connectivity index (χ4n) is 3.66. The molecule has 0 saturated heterocycles. The van der Waals surface area contributed by atoms with Crippen LogP contribution in [0.2, 0.25) is 0 Å². The van der Waals surface area contributed by atoms with Gasteiger partial charge in [-0.3, -0.25) is 9.59 Å². The second-order valence-corrected chi connectivity index (χ2v) is 6.30. The zero-order chi connectivity index (χ0) is 16.8. The van der Waals surface area contributed by atoms with Crippen LogP contribution >= 0.6 is 0 Å². The van der Waals surface area contributed by atoms with E-state index in [0.29, 0.717) is 42.3 Å². The normalized spacial score (nSPS) is 17.6. The quantitative estimate of drug-likeness (QED) is 0.693. The lowest BCUT2D eigenvalue weighted by Crippen LogP contribution is -2.50. The summed E-state index contributed by atoms with van der Waals surface area (Å²) in [5.41, 5.74) is 14.4. The first-order valence-corrected chi connectivity index (χ1v) is 8.22. The summed E-state index contributed by atoms with van der Waals surface area (Å²) in [5, 5.41) is 1.28. The van der Waals surface area contributed by atoms with Gasteiger partial charge in [-0.15, -0.1) is 0 Å². The van der Waals surface area contributed by atoms with E-state index >= 15 is 0 Å². The highest BCUT2D eigenvalue weighted by Crippen LogP contribution is 2.33. The molecule has 122 valence electrons. The van der Waals surface area contributed by atoms with Crippen molar-refractivity contribution in [3.63, 3.8) is 0 Å². The highest BCUT2D eigenvalue weighted by molar-refractivity contribution is 6.21. The number of ketones is 1. The second kappa shape index (κ2) is 5.54. The average molecular weight is 321 g/mol. The average Bonchev–Trinajstić information content (AvgIpc) is 2.89. The first-order chi connectivity index (χ1) is 11.6. The minimum absolute atomic E-state index is 0.0153. The fraction of sp³-hybridized carbons (Fsp3) is 0.263. The highest BCUT2D eigenvalue weighted by Gasteiger charge is 2.31. The summed E-state index contributed by atoms with van der Waals surface area (Å²) in [6.45, 7) is 0.985. The van der Waals surface area contributed by atoms with Crippen molar-refractivity contribution in [2.75, 3.05) is 6.54 Å². The van der Waals surface area contributed by atoms with Crippen LogP contribution in [0.5, 0.6) is 0 Å². The lowest BCUT2D eigenvalue weighted by atomic mass is 9.99. The smallest absolute Gasteiger partial charge is 0.258 e. The van der Waals surface area contributed by atoms with Gasteiger partial charge in [0, 0.05) is 28.9 Å². The van der Waals surface area contributed by atoms with E-state index in [1.807, 2.05) is 30.3 Å². The van der Waals surface area contributed by atoms with Gasteiger partial charge in [0.25, 0.3) is 5.56 Å². The van der Waals surface area contributed by atoms with Crippen LogP contribution in [0.15, 0.2) is 29.1 Å². The molecule has 0 amide bonds. The van der Waals surface area contributed by atoms with Gasteiger partial charge in [0.05, 0.1) is 11.3 Å². The molecule has 5 heteroatoms. The number of benzene rings is 1. The van der Waals surface area contributed by atoms with Gasteiger partial charge in [0.15, 0.2) is 5.78 Å². The van der Waals surface area contributed by atoms with Gasteiger partial charge < -0.3 is 16.0 Å². The van der Waals surface area contributed by atoms with Crippen LogP contribution in [0.4, 0.5) is 0 Å². The molecule has 1 heterocycles. The van der Waals surface area contributed by atoms with Gasteiger partial charge >= 0.3 is 0 Å². The van der Waals surface area contributed by atoms with E-state index in [1.165, 1.54) is 0 Å². The summed E-state index contributed by atoms with van der Waals surface area (Å²) in [5.74, 6) is -0.0153. The molecule has 24 heavy (non-hydrogen) atoms. The molecule has 0 spiro atoms. The molecule has 4 rings (SSSR count). The third-order valence-electron chi connectivity index (χ3n) is 4.76. The van der Waals surface area contributed by atoms with Crippen LogP contribution in [0.3, 0.4) is 0 Å². The van der Waals surface area contributed by atoms with Crippen molar-refractivity contribution in [1.29, 1.82) is 0 Å². The Balaban J connectivity index is 2.16. The van der Waals surface area contributed by atoms with Gasteiger partial charge in [-0.2, -0.15) is 0 Å². The molecule has 0 aliphatic heterocycles. The molecule has 2 aromatic rings. The predicted molar refractivity (Wildman–Crippen MR) is 94.0 cm³/mol. The van der Waals surface area contributed by atoms with E-state index in [-0.39, 0.29) is 17.4 Å². The molecule has 1 aromatic carbocycles. The van der Waals surface area contributed by atoms with Crippen molar-refractivity contribution >= 4 is 17.9 Å². The van der Waals surface area contributed by atoms with Crippen LogP contribution in [-0.2, 0) is 6.54 Å². The Hall–Kier alpha value is -2.50. The number of rotatable bonds is 3. The number of carbonyl (C=O) groups excluding carboxylic acids is 1. The molecular weight excluding hydrogens is 302 g/mol. The zero-order valence-corrected chi connectivity index (χ0v) is 13.3. The van der Waals surface area contributed by atoms with Crippen molar-refractivity contribution < 1.29 is 4.79 Å². The molecule has 0 bridgehead atoms. The van der Waals surface area contributed by atoms with Crippen LogP contribution in [-0.4, -0.2) is 22.9 Å². The van der Waals surface area contributed by atoms with E-state index < -0.39 is 0 Å². The summed E-state index contributed by atoms with van der Waals surface area (Å²) in [6, 6.07) is 7.28. The molecule has 0 saturated carbocycles. The summed E-state index contributed by atoms with van der Waals surface area (Å²) < 4.78 is 1.70. The second-order valence-electron chi connectivity index (χ2n) is 6.30. The Bertz CT molecular complexity index is 1030. The number of hydrogen-bond acceptors (Lipinski definition) is 4. The molecule has 0 fully saturated rings. The fourth-order valence-corrected chi connectivity index (χ4v) is 3.66. The van der Waals surface area contributed by atoms with Gasteiger partial charge in [0.1, 0.15) is 0 Å². The van der Waals surface area contributed by atoms with Gasteiger partial charge in [-0.05, 0) is 24.6 Å². The molecule has 2 aliphatic rings. The Labute approximate surface area is 138 Å². The minimum atomic E-state index is -0.190. The lowest BCUT2D eigenvalue weighted by Gasteiger charge is -2.16. The minimum Gasteiger partial charge on any atom is -0.330 e. The maximum Gasteiger partial charge on any atom is 0.258 e. The topological polar surface area (TPSA) is 91.1 Å². The predicted octanol–water partition coefficient (Wildman–Crippen LogP) is -0.299. The van der Waals surface area contributed by atoms with E-state index in [1.54, 1.807) is 10.6 Å². The van der Waals surface area contributed by atoms with Crippen LogP contribution in [0.25, 0.3) is 23.4 Å². The number of pyridine rings is 1. The van der Waals surface area contributed by atoms with Crippen LogP contribution < -0.4 is 27.5 Å². The summed E-state index contributed by atoms with van der Waals surface area (Å²) in [7, 11) is 0. The van der Waals surface area contributed by atoms with Crippen molar-refractivity contribution in [2.45, 2.75) is 25.4 Å². The Morgan fingerprint density at radius 1 is 1.12 bits per heavy atom. The third kappa shape index (κ3) is 2.02. The molecule has 0 radical (unpaired) electrons. The van der Waals surface area contributed by atoms with Gasteiger partial charge in [0.2, 0.25) is 0 Å². The molecule has 5 nitrogen and oxygen atoms in total. The highest BCUT2D eigenvalue weighted by atomic mass is 16.1. The maximum atomic E-state index is 13.0. The number of carbonyl (C=O) groups is 1. The first kappa shape index (κ1) is 15.1. The number of nitrogens with zero attached hydrogens (tertiary/aromatic N) is 1. The molecule has 2 aliphatic carbocycles. The summed E-state index contributed by atoms with van der Waals surface area (Å²) in [4.78, 5) is 26.0. The SMILES string of the molecule is NCCCn1c2c(c3c(c1=O)=CC(N)CC=3)C(=O)c1ccccc1-2. The number of nitrogens with two attached hydrogens (primary N) is 2. The van der Waals surface area contributed by atoms with Gasteiger partial charge in [-0.1, -0.05) is 36.4 Å². The van der Waals surface area contributed by atoms with Crippen LogP contribution in [0, 0.1) is 0 Å². The third-order valence-corrected chi connectivity index (χ3v) is 4.76. The van der Waals surface area contributed by atoms with Crippen molar-refractivity contribution in [3.05, 3.63) is 56.2 Å². The first-order valence-electron chi connectivity index (χ1n) is 8.22. The van der Waals surface area contributed by atoms with Crippen molar-refractivity contribution in [3.8, 4) is 11.3 Å². The van der Waals surface area contributed by atoms with Crippen molar-refractivity contribution in [1.82, 2.24) is 4.57 Å². The largest absolute Gasteiger partial charge is 0.330 e. The number of fused-ring (bicyclic) bond motifs is 5. The number of aromatic nitrogens is 1. The van der Waals surface area contributed by atoms with Crippen LogP contribution in [0.1, 0.15) is 28.8 Å². The molecular formula is C19H19N3O2. The van der Waals surface area contributed by atoms with Crippen molar-refractivity contribution in [2.24, 2.45) is 11.5 Å². The Kier molecular flexibility index (Phi) is 3.48. The molecule has 4 N–H and O–H groups in total. The molecule has 1 aromatic heterocycles. The van der Waals surface area contributed by atoms with E-state index in [9.17, 15) is 9.59 Å². The van der Waals surface area contributed by atoms with E-state index in [2.05, 4.69) is 0 Å². The monoisotopic (exact) mass is 321 g/mol. The molecule has 1 atom stereocenters. The van der Waals surface area contributed by atoms with E-state index in [4.69, 9.17) is 11.5 Å². The maximum absolute atomic E-state index is 13.0. The lowest BCUT2D eigenvalue weighted by molar-refractivity contribution is 0.104. The van der Waals surface area contributed by atoms with Gasteiger partial charge in [-0.25, -0.2) is 0 Å². The Morgan fingerprint density at radius 2 is 1.88 bits per heavy atom. The summed E-state index contributed by atoms with van der Waals surface area (Å²) in [6.07, 6.45) is 5.02. The molecule has 1 unspecified atom stereocenters. The zero-order valence-electron chi connectivity index (χ0n) is 13.3.